The smallest absolute Gasteiger partial charge is 0.0832 e. The van der Waals surface area contributed by atoms with Crippen LogP contribution in [0.15, 0.2) is 29.6 Å². The van der Waals surface area contributed by atoms with E-state index in [0.717, 1.165) is 31.2 Å². The molecule has 0 fully saturated rings. The van der Waals surface area contributed by atoms with Gasteiger partial charge in [0.25, 0.3) is 0 Å². The second-order valence-electron chi connectivity index (χ2n) is 4.97. The van der Waals surface area contributed by atoms with Crippen LogP contribution in [-0.4, -0.2) is 5.11 Å². The molecule has 2 heteroatoms. The summed E-state index contributed by atoms with van der Waals surface area (Å²) in [4.78, 5) is 0. The first-order valence-corrected chi connectivity index (χ1v) is 7.80. The van der Waals surface area contributed by atoms with Gasteiger partial charge in [0.15, 0.2) is 0 Å². The molecule has 1 nitrogen and oxygen atoms in total. The molecule has 0 radical (unpaired) electrons. The van der Waals surface area contributed by atoms with Gasteiger partial charge in [-0.15, -0.1) is 11.3 Å². The van der Waals surface area contributed by atoms with Crippen LogP contribution in [0.25, 0.3) is 10.1 Å². The van der Waals surface area contributed by atoms with E-state index in [1.54, 1.807) is 11.3 Å². The van der Waals surface area contributed by atoms with E-state index in [4.69, 9.17) is 0 Å². The first-order chi connectivity index (χ1) is 8.77. The number of fused-ring (bicyclic) bond motifs is 1. The SMILES string of the molecule is CCCC(CCC)C(O)c1csc2ccccc12. The van der Waals surface area contributed by atoms with E-state index in [9.17, 15) is 5.11 Å². The van der Waals surface area contributed by atoms with Gasteiger partial charge in [-0.1, -0.05) is 44.9 Å². The predicted molar refractivity (Wildman–Crippen MR) is 80.1 cm³/mol. The molecule has 98 valence electrons. The molecule has 0 amide bonds. The summed E-state index contributed by atoms with van der Waals surface area (Å²) in [7, 11) is 0. The Morgan fingerprint density at radius 2 is 1.78 bits per heavy atom. The summed E-state index contributed by atoms with van der Waals surface area (Å²) < 4.78 is 1.28. The van der Waals surface area contributed by atoms with Crippen LogP contribution in [0, 0.1) is 5.92 Å². The monoisotopic (exact) mass is 262 g/mol. The molecule has 18 heavy (non-hydrogen) atoms. The van der Waals surface area contributed by atoms with E-state index < -0.39 is 0 Å². The van der Waals surface area contributed by atoms with E-state index in [0.29, 0.717) is 5.92 Å². The molecule has 0 saturated heterocycles. The molecule has 0 saturated carbocycles. The highest BCUT2D eigenvalue weighted by Crippen LogP contribution is 2.36. The Morgan fingerprint density at radius 1 is 1.11 bits per heavy atom. The number of aliphatic hydroxyl groups excluding tert-OH is 1. The van der Waals surface area contributed by atoms with Gasteiger partial charge in [0.1, 0.15) is 0 Å². The molecular formula is C16H22OS. The van der Waals surface area contributed by atoms with Crippen LogP contribution >= 0.6 is 11.3 Å². The quantitative estimate of drug-likeness (QED) is 0.763. The molecule has 1 aromatic carbocycles. The van der Waals surface area contributed by atoms with Crippen LogP contribution < -0.4 is 0 Å². The van der Waals surface area contributed by atoms with Crippen LogP contribution in [0.2, 0.25) is 0 Å². The van der Waals surface area contributed by atoms with Gasteiger partial charge in [-0.05, 0) is 41.2 Å². The van der Waals surface area contributed by atoms with Gasteiger partial charge < -0.3 is 5.11 Å². The minimum absolute atomic E-state index is 0.305. The van der Waals surface area contributed by atoms with Crippen LogP contribution in [0.3, 0.4) is 0 Å². The van der Waals surface area contributed by atoms with E-state index in [2.05, 4.69) is 43.5 Å². The molecular weight excluding hydrogens is 240 g/mol. The molecule has 1 aromatic heterocycles. The molecule has 0 spiro atoms. The van der Waals surface area contributed by atoms with Crippen molar-refractivity contribution in [1.29, 1.82) is 0 Å². The van der Waals surface area contributed by atoms with E-state index >= 15 is 0 Å². The van der Waals surface area contributed by atoms with Gasteiger partial charge in [0, 0.05) is 4.70 Å². The standard InChI is InChI=1S/C16H22OS/c1-3-7-12(8-4-2)16(17)14-11-18-15-10-6-5-9-13(14)15/h5-6,9-12,16-17H,3-4,7-8H2,1-2H3. The van der Waals surface area contributed by atoms with E-state index in [1.165, 1.54) is 10.1 Å². The third kappa shape index (κ3) is 2.76. The van der Waals surface area contributed by atoms with Crippen LogP contribution in [0.1, 0.15) is 51.2 Å². The summed E-state index contributed by atoms with van der Waals surface area (Å²) in [6.45, 7) is 4.39. The summed E-state index contributed by atoms with van der Waals surface area (Å²) in [5, 5.41) is 14.0. The maximum Gasteiger partial charge on any atom is 0.0832 e. The van der Waals surface area contributed by atoms with Gasteiger partial charge in [-0.25, -0.2) is 0 Å². The van der Waals surface area contributed by atoms with Gasteiger partial charge in [0.2, 0.25) is 0 Å². The van der Waals surface area contributed by atoms with Crippen molar-refractivity contribution < 1.29 is 5.11 Å². The third-order valence-electron chi connectivity index (χ3n) is 3.60. The molecule has 0 aliphatic rings. The first-order valence-electron chi connectivity index (χ1n) is 6.92. The maximum absolute atomic E-state index is 10.6. The third-order valence-corrected chi connectivity index (χ3v) is 4.58. The zero-order chi connectivity index (χ0) is 13.0. The van der Waals surface area contributed by atoms with Gasteiger partial charge >= 0.3 is 0 Å². The number of benzene rings is 1. The zero-order valence-corrected chi connectivity index (χ0v) is 12.0. The summed E-state index contributed by atoms with van der Waals surface area (Å²) in [5.74, 6) is 0.401. The number of hydrogen-bond donors (Lipinski definition) is 1. The van der Waals surface area contributed by atoms with Crippen molar-refractivity contribution >= 4 is 21.4 Å². The highest BCUT2D eigenvalue weighted by atomic mass is 32.1. The second kappa shape index (κ2) is 6.35. The first kappa shape index (κ1) is 13.6. The van der Waals surface area contributed by atoms with Gasteiger partial charge in [0.05, 0.1) is 6.10 Å². The van der Waals surface area contributed by atoms with Crippen LogP contribution in [-0.2, 0) is 0 Å². The largest absolute Gasteiger partial charge is 0.388 e. The van der Waals surface area contributed by atoms with Crippen LogP contribution in [0.5, 0.6) is 0 Å². The Hall–Kier alpha value is -0.860. The second-order valence-corrected chi connectivity index (χ2v) is 5.88. The van der Waals surface area contributed by atoms with Gasteiger partial charge in [-0.2, -0.15) is 0 Å². The highest BCUT2D eigenvalue weighted by molar-refractivity contribution is 7.17. The van der Waals surface area contributed by atoms with Crippen LogP contribution in [0.4, 0.5) is 0 Å². The number of hydrogen-bond acceptors (Lipinski definition) is 2. The molecule has 2 aromatic rings. The molecule has 2 rings (SSSR count). The molecule has 0 aliphatic heterocycles. The topological polar surface area (TPSA) is 20.2 Å². The Balaban J connectivity index is 2.28. The number of rotatable bonds is 6. The van der Waals surface area contributed by atoms with Crippen molar-refractivity contribution in [2.45, 2.75) is 45.6 Å². The Morgan fingerprint density at radius 3 is 2.44 bits per heavy atom. The van der Waals surface area contributed by atoms with Crippen molar-refractivity contribution in [3.05, 3.63) is 35.2 Å². The van der Waals surface area contributed by atoms with E-state index in [-0.39, 0.29) is 6.10 Å². The normalized spacial score (nSPS) is 13.3. The summed E-state index contributed by atoms with van der Waals surface area (Å²) in [5.41, 5.74) is 1.13. The lowest BCUT2D eigenvalue weighted by molar-refractivity contribution is 0.0981. The average molecular weight is 262 g/mol. The fourth-order valence-corrected chi connectivity index (χ4v) is 3.67. The minimum atomic E-state index is -0.305. The van der Waals surface area contributed by atoms with E-state index in [1.807, 2.05) is 0 Å². The molecule has 1 atom stereocenters. The molecule has 1 N–H and O–H groups in total. The average Bonchev–Trinajstić information content (AvgIpc) is 2.81. The van der Waals surface area contributed by atoms with Crippen molar-refractivity contribution in [2.75, 3.05) is 0 Å². The lowest BCUT2D eigenvalue weighted by Crippen LogP contribution is -2.12. The number of aliphatic hydroxyl groups is 1. The summed E-state index contributed by atoms with van der Waals surface area (Å²) in [6.07, 6.45) is 4.20. The zero-order valence-electron chi connectivity index (χ0n) is 11.2. The highest BCUT2D eigenvalue weighted by Gasteiger charge is 2.21. The van der Waals surface area contributed by atoms with Crippen molar-refractivity contribution in [1.82, 2.24) is 0 Å². The minimum Gasteiger partial charge on any atom is -0.388 e. The predicted octanol–water partition coefficient (Wildman–Crippen LogP) is 5.15. The molecule has 0 bridgehead atoms. The Bertz CT molecular complexity index is 483. The lowest BCUT2D eigenvalue weighted by Gasteiger charge is -2.22. The fourth-order valence-electron chi connectivity index (χ4n) is 2.68. The number of thiophene rings is 1. The maximum atomic E-state index is 10.6. The fraction of sp³-hybridized carbons (Fsp3) is 0.500. The van der Waals surface area contributed by atoms with Crippen molar-refractivity contribution in [2.24, 2.45) is 5.92 Å². The Kier molecular flexibility index (Phi) is 4.79. The van der Waals surface area contributed by atoms with Gasteiger partial charge in [-0.3, -0.25) is 0 Å². The molecule has 0 aliphatic carbocycles. The van der Waals surface area contributed by atoms with Crippen molar-refractivity contribution in [3.63, 3.8) is 0 Å². The summed E-state index contributed by atoms with van der Waals surface area (Å²) >= 11 is 1.74. The lowest BCUT2D eigenvalue weighted by atomic mass is 9.88. The Labute approximate surface area is 113 Å². The summed E-state index contributed by atoms with van der Waals surface area (Å²) in [6, 6.07) is 8.37. The molecule has 1 heterocycles. The van der Waals surface area contributed by atoms with Crippen molar-refractivity contribution in [3.8, 4) is 0 Å². The molecule has 1 unspecified atom stereocenters.